The third-order valence-electron chi connectivity index (χ3n) is 3.07. The molecular formula is C18H29FN4O3. The molecule has 1 aromatic rings. The Kier molecular flexibility index (Phi) is 8.67. The fraction of sp³-hybridized carbons (Fsp3) is 0.556. The number of amides is 1. The van der Waals surface area contributed by atoms with Crippen LogP contribution in [-0.2, 0) is 11.3 Å². The number of hydrogen-bond donors (Lipinski definition) is 3. The summed E-state index contributed by atoms with van der Waals surface area (Å²) in [5.74, 6) is 0.396. The minimum atomic E-state index is -0.526. The number of nitrogens with zero attached hydrogens (tertiary/aromatic N) is 1. The van der Waals surface area contributed by atoms with Crippen molar-refractivity contribution in [3.63, 3.8) is 0 Å². The molecule has 0 spiro atoms. The number of guanidine groups is 1. The molecule has 0 aromatic heterocycles. The summed E-state index contributed by atoms with van der Waals surface area (Å²) >= 11 is 0. The highest BCUT2D eigenvalue weighted by Crippen LogP contribution is 2.18. The Balaban J connectivity index is 2.35. The van der Waals surface area contributed by atoms with Crippen LogP contribution in [-0.4, -0.2) is 44.4 Å². The van der Waals surface area contributed by atoms with Gasteiger partial charge in [0, 0.05) is 26.7 Å². The second kappa shape index (κ2) is 10.5. The molecule has 0 saturated heterocycles. The molecule has 7 nitrogen and oxygen atoms in total. The van der Waals surface area contributed by atoms with Gasteiger partial charge in [-0.25, -0.2) is 9.18 Å². The first-order chi connectivity index (χ1) is 12.2. The van der Waals surface area contributed by atoms with Crippen molar-refractivity contribution in [2.24, 2.45) is 4.99 Å². The van der Waals surface area contributed by atoms with Crippen LogP contribution in [0, 0.1) is 5.82 Å². The third-order valence-corrected chi connectivity index (χ3v) is 3.07. The van der Waals surface area contributed by atoms with Crippen molar-refractivity contribution in [1.82, 2.24) is 16.0 Å². The molecule has 8 heteroatoms. The highest BCUT2D eigenvalue weighted by Gasteiger charge is 2.15. The van der Waals surface area contributed by atoms with Crippen molar-refractivity contribution in [2.45, 2.75) is 39.8 Å². The van der Waals surface area contributed by atoms with E-state index in [0.29, 0.717) is 32.2 Å². The first-order valence-electron chi connectivity index (χ1n) is 8.57. The van der Waals surface area contributed by atoms with Crippen LogP contribution in [0.5, 0.6) is 5.75 Å². The molecular weight excluding hydrogens is 339 g/mol. The number of ether oxygens (including phenoxy) is 2. The number of carbonyl (C=O) groups is 1. The van der Waals surface area contributed by atoms with E-state index < -0.39 is 17.5 Å². The maximum atomic E-state index is 13.8. The molecule has 3 N–H and O–H groups in total. The van der Waals surface area contributed by atoms with Crippen LogP contribution >= 0.6 is 0 Å². The molecule has 0 heterocycles. The number of alkyl carbamates (subject to hydrolysis) is 1. The second-order valence-electron chi connectivity index (χ2n) is 6.48. The van der Waals surface area contributed by atoms with E-state index in [1.807, 2.05) is 6.92 Å². The molecule has 0 aliphatic heterocycles. The topological polar surface area (TPSA) is 84.0 Å². The Labute approximate surface area is 154 Å². The zero-order valence-corrected chi connectivity index (χ0v) is 16.1. The molecule has 0 unspecified atom stereocenters. The molecule has 1 rings (SSSR count). The van der Waals surface area contributed by atoms with E-state index in [9.17, 15) is 9.18 Å². The van der Waals surface area contributed by atoms with Crippen molar-refractivity contribution in [2.75, 3.05) is 26.7 Å². The van der Waals surface area contributed by atoms with Crippen LogP contribution in [0.4, 0.5) is 9.18 Å². The van der Waals surface area contributed by atoms with Gasteiger partial charge in [-0.3, -0.25) is 4.99 Å². The standard InChI is InChI=1S/C18H29FN4O3/c1-6-25-15-8-7-13(11-14(15)19)12-23-16(20-5)21-9-10-22-17(24)26-18(2,3)4/h7-8,11H,6,9-10,12H2,1-5H3,(H,22,24)(H2,20,21,23). The summed E-state index contributed by atoms with van der Waals surface area (Å²) in [6, 6.07) is 4.82. The number of nitrogens with one attached hydrogen (secondary N) is 3. The number of rotatable bonds is 7. The summed E-state index contributed by atoms with van der Waals surface area (Å²) in [7, 11) is 1.63. The zero-order valence-electron chi connectivity index (χ0n) is 16.1. The van der Waals surface area contributed by atoms with E-state index in [0.717, 1.165) is 5.56 Å². The van der Waals surface area contributed by atoms with E-state index in [-0.39, 0.29) is 5.75 Å². The molecule has 1 amide bonds. The van der Waals surface area contributed by atoms with E-state index in [1.165, 1.54) is 6.07 Å². The maximum Gasteiger partial charge on any atom is 0.407 e. The van der Waals surface area contributed by atoms with E-state index >= 15 is 0 Å². The van der Waals surface area contributed by atoms with E-state index in [4.69, 9.17) is 9.47 Å². The van der Waals surface area contributed by atoms with Gasteiger partial charge in [0.1, 0.15) is 5.60 Å². The van der Waals surface area contributed by atoms with Gasteiger partial charge in [0.05, 0.1) is 6.61 Å². The first-order valence-corrected chi connectivity index (χ1v) is 8.57. The molecule has 0 aliphatic carbocycles. The Hall–Kier alpha value is -2.51. The van der Waals surface area contributed by atoms with Gasteiger partial charge in [-0.05, 0) is 45.4 Å². The molecule has 0 aliphatic rings. The number of hydrogen-bond acceptors (Lipinski definition) is 4. The highest BCUT2D eigenvalue weighted by atomic mass is 19.1. The van der Waals surface area contributed by atoms with Gasteiger partial charge in [0.15, 0.2) is 17.5 Å². The fourth-order valence-corrected chi connectivity index (χ4v) is 1.99. The van der Waals surface area contributed by atoms with E-state index in [1.54, 1.807) is 40.0 Å². The van der Waals surface area contributed by atoms with Gasteiger partial charge in [-0.1, -0.05) is 6.07 Å². The molecule has 1 aromatic carbocycles. The van der Waals surface area contributed by atoms with Gasteiger partial charge in [0.2, 0.25) is 0 Å². The van der Waals surface area contributed by atoms with Gasteiger partial charge in [-0.2, -0.15) is 0 Å². The Morgan fingerprint density at radius 2 is 1.88 bits per heavy atom. The zero-order chi connectivity index (χ0) is 19.6. The summed E-state index contributed by atoms with van der Waals surface area (Å²) < 4.78 is 24.2. The van der Waals surface area contributed by atoms with Crippen molar-refractivity contribution in [3.8, 4) is 5.75 Å². The van der Waals surface area contributed by atoms with Gasteiger partial charge in [0.25, 0.3) is 0 Å². The predicted molar refractivity (Wildman–Crippen MR) is 100 cm³/mol. The van der Waals surface area contributed by atoms with Crippen LogP contribution < -0.4 is 20.7 Å². The van der Waals surface area contributed by atoms with Crippen molar-refractivity contribution in [1.29, 1.82) is 0 Å². The number of halogens is 1. The fourth-order valence-electron chi connectivity index (χ4n) is 1.99. The highest BCUT2D eigenvalue weighted by molar-refractivity contribution is 5.79. The van der Waals surface area contributed by atoms with Crippen molar-refractivity contribution >= 4 is 12.1 Å². The average Bonchev–Trinajstić information content (AvgIpc) is 2.55. The minimum absolute atomic E-state index is 0.243. The lowest BCUT2D eigenvalue weighted by Crippen LogP contribution is -2.42. The maximum absolute atomic E-state index is 13.8. The number of carbonyl (C=O) groups excluding carboxylic acids is 1. The minimum Gasteiger partial charge on any atom is -0.491 e. The van der Waals surface area contributed by atoms with Crippen LogP contribution in [0.15, 0.2) is 23.2 Å². The third kappa shape index (κ3) is 8.55. The largest absolute Gasteiger partial charge is 0.491 e. The molecule has 0 fully saturated rings. The van der Waals surface area contributed by atoms with Crippen LogP contribution in [0.1, 0.15) is 33.3 Å². The summed E-state index contributed by atoms with van der Waals surface area (Å²) in [6.45, 7) is 8.90. The van der Waals surface area contributed by atoms with Crippen molar-refractivity contribution in [3.05, 3.63) is 29.6 Å². The van der Waals surface area contributed by atoms with Gasteiger partial charge >= 0.3 is 6.09 Å². The molecule has 0 radical (unpaired) electrons. The first kappa shape index (κ1) is 21.5. The Morgan fingerprint density at radius 3 is 2.46 bits per heavy atom. The quantitative estimate of drug-likeness (QED) is 0.391. The van der Waals surface area contributed by atoms with Crippen molar-refractivity contribution < 1.29 is 18.7 Å². The Morgan fingerprint density at radius 1 is 1.19 bits per heavy atom. The predicted octanol–water partition coefficient (Wildman–Crippen LogP) is 2.41. The van der Waals surface area contributed by atoms with Gasteiger partial charge in [-0.15, -0.1) is 0 Å². The summed E-state index contributed by atoms with van der Waals surface area (Å²) in [4.78, 5) is 15.6. The number of aliphatic imine (C=N–C) groups is 1. The summed E-state index contributed by atoms with van der Waals surface area (Å²) in [5.41, 5.74) is 0.239. The molecule has 0 atom stereocenters. The molecule has 146 valence electrons. The Bertz CT molecular complexity index is 615. The summed E-state index contributed by atoms with van der Waals surface area (Å²) in [6.07, 6.45) is -0.466. The SMILES string of the molecule is CCOc1ccc(CNC(=NC)NCCNC(=O)OC(C)(C)C)cc1F. The van der Waals surface area contributed by atoms with Crippen LogP contribution in [0.2, 0.25) is 0 Å². The summed E-state index contributed by atoms with van der Waals surface area (Å²) in [5, 5.41) is 8.78. The second-order valence-corrected chi connectivity index (χ2v) is 6.48. The molecule has 0 bridgehead atoms. The van der Waals surface area contributed by atoms with Crippen LogP contribution in [0.25, 0.3) is 0 Å². The number of benzene rings is 1. The van der Waals surface area contributed by atoms with E-state index in [2.05, 4.69) is 20.9 Å². The molecule has 0 saturated carbocycles. The van der Waals surface area contributed by atoms with Gasteiger partial charge < -0.3 is 25.4 Å². The lowest BCUT2D eigenvalue weighted by atomic mass is 10.2. The average molecular weight is 368 g/mol. The smallest absolute Gasteiger partial charge is 0.407 e. The lowest BCUT2D eigenvalue weighted by molar-refractivity contribution is 0.0529. The lowest BCUT2D eigenvalue weighted by Gasteiger charge is -2.20. The monoisotopic (exact) mass is 368 g/mol. The molecule has 26 heavy (non-hydrogen) atoms. The van der Waals surface area contributed by atoms with Crippen LogP contribution in [0.3, 0.4) is 0 Å². The normalized spacial score (nSPS) is 11.7.